The molecule has 0 atom stereocenters. The van der Waals surface area contributed by atoms with E-state index in [1.165, 1.54) is 0 Å². The second-order valence-electron chi connectivity index (χ2n) is 4.32. The summed E-state index contributed by atoms with van der Waals surface area (Å²) >= 11 is 9.39. The van der Waals surface area contributed by atoms with Crippen molar-refractivity contribution in [3.8, 4) is 5.88 Å². The third kappa shape index (κ3) is 4.47. The third-order valence-electron chi connectivity index (χ3n) is 2.72. The van der Waals surface area contributed by atoms with Gasteiger partial charge in [0.1, 0.15) is 6.61 Å². The fourth-order valence-corrected chi connectivity index (χ4v) is 2.35. The molecule has 1 aromatic carbocycles. The van der Waals surface area contributed by atoms with E-state index in [1.807, 2.05) is 30.3 Å². The van der Waals surface area contributed by atoms with E-state index in [0.717, 1.165) is 28.7 Å². The van der Waals surface area contributed by atoms with Crippen LogP contribution in [0.15, 0.2) is 41.0 Å². The summed E-state index contributed by atoms with van der Waals surface area (Å²) in [5, 5.41) is 3.99. The normalized spacial score (nSPS) is 10.6. The second kappa shape index (κ2) is 7.62. The predicted octanol–water partition coefficient (Wildman–Crippen LogP) is 4.19. The quantitative estimate of drug-likeness (QED) is 0.844. The van der Waals surface area contributed by atoms with E-state index in [4.69, 9.17) is 16.3 Å². The summed E-state index contributed by atoms with van der Waals surface area (Å²) in [6, 6.07) is 9.65. The minimum absolute atomic E-state index is 0.453. The van der Waals surface area contributed by atoms with Gasteiger partial charge in [0.2, 0.25) is 5.88 Å². The molecule has 0 aliphatic carbocycles. The lowest BCUT2D eigenvalue weighted by molar-refractivity contribution is 0.289. The monoisotopic (exact) mass is 354 g/mol. The fourth-order valence-electron chi connectivity index (χ4n) is 1.76. The van der Waals surface area contributed by atoms with Gasteiger partial charge in [0.05, 0.1) is 0 Å². The maximum absolute atomic E-state index is 5.96. The molecule has 5 heteroatoms. The minimum Gasteiger partial charge on any atom is -0.473 e. The summed E-state index contributed by atoms with van der Waals surface area (Å²) in [6.07, 6.45) is 1.74. The summed E-state index contributed by atoms with van der Waals surface area (Å²) < 4.78 is 6.74. The molecule has 0 spiro atoms. The molecule has 0 saturated heterocycles. The topological polar surface area (TPSA) is 34.2 Å². The first-order valence-electron chi connectivity index (χ1n) is 6.41. The average Bonchev–Trinajstić information content (AvgIpc) is 2.44. The molecule has 0 unspecified atom stereocenters. The van der Waals surface area contributed by atoms with Crippen LogP contribution >= 0.6 is 27.5 Å². The highest BCUT2D eigenvalue weighted by molar-refractivity contribution is 9.10. The van der Waals surface area contributed by atoms with Crippen molar-refractivity contribution in [2.45, 2.75) is 20.1 Å². The van der Waals surface area contributed by atoms with Crippen molar-refractivity contribution in [3.63, 3.8) is 0 Å². The van der Waals surface area contributed by atoms with Gasteiger partial charge in [-0.05, 0) is 46.2 Å². The van der Waals surface area contributed by atoms with Gasteiger partial charge < -0.3 is 10.1 Å². The van der Waals surface area contributed by atoms with E-state index < -0.39 is 0 Å². The van der Waals surface area contributed by atoms with Gasteiger partial charge in [-0.2, -0.15) is 0 Å². The smallest absolute Gasteiger partial charge is 0.218 e. The molecule has 2 rings (SSSR count). The number of aromatic nitrogens is 1. The van der Waals surface area contributed by atoms with Gasteiger partial charge in [-0.3, -0.25) is 0 Å². The molecule has 1 heterocycles. The van der Waals surface area contributed by atoms with Crippen LogP contribution in [0.2, 0.25) is 5.02 Å². The Morgan fingerprint density at radius 2 is 2.20 bits per heavy atom. The molecule has 0 aliphatic rings. The molecule has 106 valence electrons. The van der Waals surface area contributed by atoms with Crippen LogP contribution in [0.25, 0.3) is 0 Å². The van der Waals surface area contributed by atoms with E-state index >= 15 is 0 Å². The van der Waals surface area contributed by atoms with Crippen LogP contribution < -0.4 is 10.1 Å². The first-order chi connectivity index (χ1) is 9.69. The lowest BCUT2D eigenvalue weighted by Crippen LogP contribution is -2.13. The zero-order valence-electron chi connectivity index (χ0n) is 11.2. The Balaban J connectivity index is 2.08. The van der Waals surface area contributed by atoms with Crippen LogP contribution in [0, 0.1) is 0 Å². The molecule has 1 N–H and O–H groups in total. The molecule has 2 aromatic rings. The first-order valence-corrected chi connectivity index (χ1v) is 7.58. The fraction of sp³-hybridized carbons (Fsp3) is 0.267. The van der Waals surface area contributed by atoms with Gasteiger partial charge in [0.25, 0.3) is 0 Å². The molecule has 0 aliphatic heterocycles. The van der Waals surface area contributed by atoms with Crippen molar-refractivity contribution in [1.82, 2.24) is 10.3 Å². The van der Waals surface area contributed by atoms with Gasteiger partial charge in [0.15, 0.2) is 0 Å². The van der Waals surface area contributed by atoms with E-state index in [9.17, 15) is 0 Å². The van der Waals surface area contributed by atoms with Crippen LogP contribution in [0.3, 0.4) is 0 Å². The Labute approximate surface area is 132 Å². The number of hydrogen-bond donors (Lipinski definition) is 1. The number of ether oxygens (including phenoxy) is 1. The van der Waals surface area contributed by atoms with Gasteiger partial charge in [0, 0.05) is 27.8 Å². The van der Waals surface area contributed by atoms with Crippen molar-refractivity contribution < 1.29 is 4.74 Å². The number of pyridine rings is 1. The molecule has 0 saturated carbocycles. The van der Waals surface area contributed by atoms with Crippen molar-refractivity contribution in [1.29, 1.82) is 0 Å². The van der Waals surface area contributed by atoms with E-state index in [0.29, 0.717) is 17.5 Å². The lowest BCUT2D eigenvalue weighted by Gasteiger charge is -2.11. The summed E-state index contributed by atoms with van der Waals surface area (Å²) in [5.74, 6) is 0.647. The van der Waals surface area contributed by atoms with Gasteiger partial charge in [-0.1, -0.05) is 30.7 Å². The molecule has 3 nitrogen and oxygen atoms in total. The predicted molar refractivity (Wildman–Crippen MR) is 85.1 cm³/mol. The first kappa shape index (κ1) is 15.3. The minimum atomic E-state index is 0.453. The molecular weight excluding hydrogens is 340 g/mol. The van der Waals surface area contributed by atoms with Crippen LogP contribution in [0.5, 0.6) is 5.88 Å². The number of benzene rings is 1. The zero-order valence-corrected chi connectivity index (χ0v) is 13.5. The van der Waals surface area contributed by atoms with Crippen LogP contribution in [-0.4, -0.2) is 11.5 Å². The zero-order chi connectivity index (χ0) is 14.4. The molecule has 0 fully saturated rings. The highest BCUT2D eigenvalue weighted by Gasteiger charge is 2.06. The van der Waals surface area contributed by atoms with Crippen molar-refractivity contribution in [3.05, 3.63) is 57.2 Å². The van der Waals surface area contributed by atoms with E-state index in [-0.39, 0.29) is 0 Å². The van der Waals surface area contributed by atoms with Crippen molar-refractivity contribution >= 4 is 27.5 Å². The maximum Gasteiger partial charge on any atom is 0.218 e. The Morgan fingerprint density at radius 3 is 2.95 bits per heavy atom. The average molecular weight is 356 g/mol. The lowest BCUT2D eigenvalue weighted by atomic mass is 10.2. The highest BCUT2D eigenvalue weighted by atomic mass is 79.9. The molecular formula is C15H16BrClN2O. The molecule has 0 amide bonds. The standard InChI is InChI=1S/C15H16BrClN2O/c1-2-18-8-12-7-13(16)9-19-15(12)20-10-11-4-3-5-14(17)6-11/h3-7,9,18H,2,8,10H2,1H3. The van der Waals surface area contributed by atoms with Gasteiger partial charge >= 0.3 is 0 Å². The van der Waals surface area contributed by atoms with E-state index in [1.54, 1.807) is 6.20 Å². The third-order valence-corrected chi connectivity index (χ3v) is 3.39. The van der Waals surface area contributed by atoms with Crippen molar-refractivity contribution in [2.75, 3.05) is 6.54 Å². The summed E-state index contributed by atoms with van der Waals surface area (Å²) in [7, 11) is 0. The van der Waals surface area contributed by atoms with Crippen LogP contribution in [0.4, 0.5) is 0 Å². The Hall–Kier alpha value is -1.10. The van der Waals surface area contributed by atoms with Crippen molar-refractivity contribution in [2.24, 2.45) is 0 Å². The van der Waals surface area contributed by atoms with Gasteiger partial charge in [-0.15, -0.1) is 0 Å². The molecule has 20 heavy (non-hydrogen) atoms. The summed E-state index contributed by atoms with van der Waals surface area (Å²) in [6.45, 7) is 4.15. The Bertz CT molecular complexity index is 578. The Kier molecular flexibility index (Phi) is 5.83. The Morgan fingerprint density at radius 1 is 1.35 bits per heavy atom. The number of rotatable bonds is 6. The highest BCUT2D eigenvalue weighted by Crippen LogP contribution is 2.21. The summed E-state index contributed by atoms with van der Waals surface area (Å²) in [5.41, 5.74) is 2.06. The number of nitrogens with one attached hydrogen (secondary N) is 1. The number of halogens is 2. The number of hydrogen-bond acceptors (Lipinski definition) is 3. The SMILES string of the molecule is CCNCc1cc(Br)cnc1OCc1cccc(Cl)c1. The molecule has 0 bridgehead atoms. The largest absolute Gasteiger partial charge is 0.473 e. The summed E-state index contributed by atoms with van der Waals surface area (Å²) in [4.78, 5) is 4.33. The number of nitrogens with zero attached hydrogens (tertiary/aromatic N) is 1. The second-order valence-corrected chi connectivity index (χ2v) is 5.67. The van der Waals surface area contributed by atoms with E-state index in [2.05, 4.69) is 33.2 Å². The van der Waals surface area contributed by atoms with Crippen LogP contribution in [-0.2, 0) is 13.2 Å². The van der Waals surface area contributed by atoms with Crippen LogP contribution in [0.1, 0.15) is 18.1 Å². The molecule has 1 aromatic heterocycles. The van der Waals surface area contributed by atoms with Gasteiger partial charge in [-0.25, -0.2) is 4.98 Å². The maximum atomic E-state index is 5.96. The molecule has 0 radical (unpaired) electrons.